The van der Waals surface area contributed by atoms with E-state index in [-0.39, 0.29) is 11.9 Å². The topological polar surface area (TPSA) is 69.1 Å². The molecule has 0 bridgehead atoms. The van der Waals surface area contributed by atoms with Gasteiger partial charge >= 0.3 is 0 Å². The quantitative estimate of drug-likeness (QED) is 0.753. The fourth-order valence-corrected chi connectivity index (χ4v) is 3.30. The van der Waals surface area contributed by atoms with E-state index in [9.17, 15) is 4.79 Å². The molecule has 0 radical (unpaired) electrons. The molecule has 0 aromatic rings. The Morgan fingerprint density at radius 2 is 2.48 bits per heavy atom. The normalized spacial score (nSPS) is 26.8. The first-order chi connectivity index (χ1) is 11.2. The fourth-order valence-electron chi connectivity index (χ4n) is 3.30. The van der Waals surface area contributed by atoms with Crippen molar-refractivity contribution in [3.63, 3.8) is 0 Å². The van der Waals surface area contributed by atoms with Crippen LogP contribution in [0.15, 0.2) is 40.2 Å². The summed E-state index contributed by atoms with van der Waals surface area (Å²) in [6.07, 6.45) is 5.92. The zero-order valence-corrected chi connectivity index (χ0v) is 13.5. The van der Waals surface area contributed by atoms with Gasteiger partial charge in [0.2, 0.25) is 5.91 Å². The predicted molar refractivity (Wildman–Crippen MR) is 91.2 cm³/mol. The lowest BCUT2D eigenvalue weighted by molar-refractivity contribution is -0.126. The second-order valence-corrected chi connectivity index (χ2v) is 6.31. The first-order valence-corrected chi connectivity index (χ1v) is 8.18. The number of carbonyl (C=O) groups is 1. The molecule has 0 aromatic heterocycles. The maximum absolute atomic E-state index is 12.0. The second-order valence-electron chi connectivity index (χ2n) is 6.31. The molecule has 3 rings (SSSR count). The van der Waals surface area contributed by atoms with E-state index in [0.29, 0.717) is 12.5 Å². The van der Waals surface area contributed by atoms with Gasteiger partial charge < -0.3 is 15.5 Å². The molecule has 1 amide bonds. The first-order valence-electron chi connectivity index (χ1n) is 8.18. The third-order valence-electron chi connectivity index (χ3n) is 4.51. The molecule has 0 spiro atoms. The van der Waals surface area contributed by atoms with Crippen LogP contribution < -0.4 is 10.6 Å². The van der Waals surface area contributed by atoms with Crippen LogP contribution in [0, 0.1) is 5.92 Å². The largest absolute Gasteiger partial charge is 0.369 e. The predicted octanol–water partition coefficient (Wildman–Crippen LogP) is 1.19. The van der Waals surface area contributed by atoms with Gasteiger partial charge in [0.05, 0.1) is 6.20 Å². The average Bonchev–Trinajstić information content (AvgIpc) is 2.83. The summed E-state index contributed by atoms with van der Waals surface area (Å²) in [7, 11) is 0. The molecule has 3 aliphatic heterocycles. The highest BCUT2D eigenvalue weighted by Gasteiger charge is 2.27. The highest BCUT2D eigenvalue weighted by atomic mass is 16.2. The van der Waals surface area contributed by atoms with E-state index in [1.165, 1.54) is 6.08 Å². The Morgan fingerprint density at radius 3 is 3.30 bits per heavy atom. The van der Waals surface area contributed by atoms with Crippen LogP contribution in [0.3, 0.4) is 0 Å². The van der Waals surface area contributed by atoms with Gasteiger partial charge in [0.1, 0.15) is 11.7 Å². The SMILES string of the molecule is C=CC(=O)N1CC[C@@H](C)C[C@@H](NC2=NC=C=NC3=C2CCN3)C1. The van der Waals surface area contributed by atoms with Crippen molar-refractivity contribution in [2.75, 3.05) is 19.6 Å². The van der Waals surface area contributed by atoms with Gasteiger partial charge in [0, 0.05) is 37.1 Å². The highest BCUT2D eigenvalue weighted by Crippen LogP contribution is 2.21. The molecule has 3 aliphatic rings. The number of hydrogen-bond donors (Lipinski definition) is 2. The molecule has 0 unspecified atom stereocenters. The summed E-state index contributed by atoms with van der Waals surface area (Å²) in [5, 5.41) is 6.80. The number of carbonyl (C=O) groups excluding carboxylic acids is 1. The van der Waals surface area contributed by atoms with Gasteiger partial charge in [-0.05, 0) is 31.3 Å². The van der Waals surface area contributed by atoms with E-state index < -0.39 is 0 Å². The van der Waals surface area contributed by atoms with Gasteiger partial charge in [0.25, 0.3) is 0 Å². The minimum atomic E-state index is -0.000582. The van der Waals surface area contributed by atoms with Crippen LogP contribution in [-0.2, 0) is 4.79 Å². The van der Waals surface area contributed by atoms with Crippen molar-refractivity contribution in [3.05, 3.63) is 30.2 Å². The van der Waals surface area contributed by atoms with Gasteiger partial charge in [-0.25, -0.2) is 4.99 Å². The molecule has 0 saturated carbocycles. The van der Waals surface area contributed by atoms with Crippen molar-refractivity contribution >= 4 is 17.6 Å². The molecule has 0 aromatic carbocycles. The molecule has 2 N–H and O–H groups in total. The third kappa shape index (κ3) is 3.54. The highest BCUT2D eigenvalue weighted by molar-refractivity contribution is 6.01. The Hall–Kier alpha value is -2.33. The Labute approximate surface area is 136 Å². The van der Waals surface area contributed by atoms with Gasteiger partial charge in [-0.2, -0.15) is 4.99 Å². The minimum Gasteiger partial charge on any atom is -0.369 e. The Kier molecular flexibility index (Phi) is 4.63. The first kappa shape index (κ1) is 15.6. The molecule has 1 fully saturated rings. The van der Waals surface area contributed by atoms with E-state index >= 15 is 0 Å². The molecule has 0 aliphatic carbocycles. The van der Waals surface area contributed by atoms with E-state index in [1.54, 1.807) is 6.20 Å². The van der Waals surface area contributed by atoms with Crippen LogP contribution in [0.2, 0.25) is 0 Å². The van der Waals surface area contributed by atoms with Crippen LogP contribution >= 0.6 is 0 Å². The van der Waals surface area contributed by atoms with Crippen LogP contribution in [0.5, 0.6) is 0 Å². The molecule has 3 heterocycles. The van der Waals surface area contributed by atoms with Crippen molar-refractivity contribution in [2.24, 2.45) is 15.9 Å². The van der Waals surface area contributed by atoms with Gasteiger partial charge in [0.15, 0.2) is 0 Å². The number of likely N-dealkylation sites (tertiary alicyclic amines) is 1. The smallest absolute Gasteiger partial charge is 0.246 e. The molecule has 6 heteroatoms. The van der Waals surface area contributed by atoms with Gasteiger partial charge in [-0.1, -0.05) is 13.5 Å². The fraction of sp³-hybridized carbons (Fsp3) is 0.529. The number of nitrogens with zero attached hydrogens (tertiary/aromatic N) is 3. The van der Waals surface area contributed by atoms with Gasteiger partial charge in [-0.15, -0.1) is 0 Å². The summed E-state index contributed by atoms with van der Waals surface area (Å²) in [4.78, 5) is 22.6. The van der Waals surface area contributed by atoms with E-state index in [4.69, 9.17) is 0 Å². The van der Waals surface area contributed by atoms with E-state index in [1.807, 2.05) is 4.90 Å². The second kappa shape index (κ2) is 6.84. The van der Waals surface area contributed by atoms with E-state index in [2.05, 4.69) is 40.0 Å². The lowest BCUT2D eigenvalue weighted by Crippen LogP contribution is -2.45. The molecule has 23 heavy (non-hydrogen) atoms. The summed E-state index contributed by atoms with van der Waals surface area (Å²) in [5.41, 5.74) is 1.10. The zero-order valence-electron chi connectivity index (χ0n) is 13.5. The van der Waals surface area contributed by atoms with Crippen molar-refractivity contribution in [1.29, 1.82) is 0 Å². The Balaban J connectivity index is 1.76. The summed E-state index contributed by atoms with van der Waals surface area (Å²) < 4.78 is 0. The molecule has 6 nitrogen and oxygen atoms in total. The maximum Gasteiger partial charge on any atom is 0.246 e. The third-order valence-corrected chi connectivity index (χ3v) is 4.51. The minimum absolute atomic E-state index is 0.000582. The summed E-state index contributed by atoms with van der Waals surface area (Å²) in [5.74, 6) is 5.08. The molecule has 1 saturated heterocycles. The number of amides is 1. The van der Waals surface area contributed by atoms with Crippen LogP contribution in [0.25, 0.3) is 0 Å². The molecule has 2 atom stereocenters. The van der Waals surface area contributed by atoms with Crippen molar-refractivity contribution in [1.82, 2.24) is 15.5 Å². The van der Waals surface area contributed by atoms with Gasteiger partial charge in [-0.3, -0.25) is 4.79 Å². The van der Waals surface area contributed by atoms with Crippen LogP contribution in [0.1, 0.15) is 26.2 Å². The number of amidine groups is 1. The number of aliphatic imine (C=N–C) groups is 2. The number of nitrogens with one attached hydrogen (secondary N) is 2. The van der Waals surface area contributed by atoms with Crippen molar-refractivity contribution < 1.29 is 4.79 Å². The Bertz CT molecular complexity index is 627. The maximum atomic E-state index is 12.0. The average molecular weight is 313 g/mol. The summed E-state index contributed by atoms with van der Waals surface area (Å²) in [6.45, 7) is 8.17. The van der Waals surface area contributed by atoms with E-state index in [0.717, 1.165) is 49.6 Å². The lowest BCUT2D eigenvalue weighted by atomic mass is 10.00. The van der Waals surface area contributed by atoms with Crippen molar-refractivity contribution in [3.8, 4) is 0 Å². The standard InChI is InChI=1S/C17H23N5O/c1-3-15(23)22-9-5-12(2)10-13(11-22)21-17-14-4-6-18-16(14)19-7-8-20-17/h3,8,12-13,18H,1,4-6,9-11H2,2H3,(H,20,21)/t12-,13-/m1/s1. The van der Waals surface area contributed by atoms with Crippen LogP contribution in [0.4, 0.5) is 0 Å². The molecule has 122 valence electrons. The van der Waals surface area contributed by atoms with Crippen LogP contribution in [-0.4, -0.2) is 48.2 Å². The molecular formula is C17H23N5O. The summed E-state index contributed by atoms with van der Waals surface area (Å²) >= 11 is 0. The van der Waals surface area contributed by atoms with Crippen molar-refractivity contribution in [2.45, 2.75) is 32.2 Å². The Morgan fingerprint density at radius 1 is 1.61 bits per heavy atom. The molecular weight excluding hydrogens is 290 g/mol. The zero-order chi connectivity index (χ0) is 16.2. The number of hydrogen-bond acceptors (Lipinski definition) is 5. The lowest BCUT2D eigenvalue weighted by Gasteiger charge is -2.25. The number of rotatable bonds is 2. The monoisotopic (exact) mass is 313 g/mol. The summed E-state index contributed by atoms with van der Waals surface area (Å²) in [6, 6.07) is 0.177.